The second-order valence-corrected chi connectivity index (χ2v) is 6.18. The summed E-state index contributed by atoms with van der Waals surface area (Å²) < 4.78 is 15.7. The second-order valence-electron chi connectivity index (χ2n) is 2.09. The molecule has 0 atom stereocenters. The van der Waals surface area contributed by atoms with Crippen LogP contribution in [0.2, 0.25) is 5.54 Å². The first kappa shape index (κ1) is 7.65. The molecule has 0 aromatic rings. The zero-order chi connectivity index (χ0) is 7.52. The first-order chi connectivity index (χ1) is 5.47. The summed E-state index contributed by atoms with van der Waals surface area (Å²) in [6.07, 6.45) is 8.26. The smallest absolute Gasteiger partial charge is 0.412 e. The van der Waals surface area contributed by atoms with Crippen LogP contribution >= 0.6 is 0 Å². The van der Waals surface area contributed by atoms with Crippen molar-refractivity contribution in [3.8, 4) is 0 Å². The van der Waals surface area contributed by atoms with Crippen LogP contribution in [0.1, 0.15) is 0 Å². The fourth-order valence-corrected chi connectivity index (χ4v) is 4.93. The summed E-state index contributed by atoms with van der Waals surface area (Å²) in [6, 6.07) is 0. The van der Waals surface area contributed by atoms with E-state index < -0.39 is 9.28 Å². The van der Waals surface area contributed by atoms with E-state index in [-0.39, 0.29) is 20.0 Å². The van der Waals surface area contributed by atoms with Crippen molar-refractivity contribution in [1.82, 2.24) is 0 Å². The van der Waals surface area contributed by atoms with Crippen molar-refractivity contribution >= 4 is 29.3 Å². The van der Waals surface area contributed by atoms with E-state index >= 15 is 0 Å². The van der Waals surface area contributed by atoms with Crippen LogP contribution in [0.3, 0.4) is 0 Å². The molecule has 1 aliphatic carbocycles. The Balaban J connectivity index is 1.92. The lowest BCUT2D eigenvalue weighted by Gasteiger charge is -2.21. The molecule has 55 valence electrons. The first-order valence-corrected chi connectivity index (χ1v) is 6.21. The molecule has 0 N–H and O–H groups in total. The van der Waals surface area contributed by atoms with Crippen molar-refractivity contribution < 1.29 is 12.3 Å². The van der Waals surface area contributed by atoms with E-state index in [9.17, 15) is 0 Å². The highest BCUT2D eigenvalue weighted by atomic mass is 28.4. The third-order valence-corrected chi connectivity index (χ3v) is 5.26. The van der Waals surface area contributed by atoms with Crippen LogP contribution in [-0.2, 0) is 12.3 Å². The Kier molecular flexibility index (Phi) is 2.51. The molecule has 3 nitrogen and oxygen atoms in total. The van der Waals surface area contributed by atoms with Gasteiger partial charge in [0.1, 0.15) is 0 Å². The fraction of sp³-hybridized carbons (Fsp3) is 0.200. The summed E-state index contributed by atoms with van der Waals surface area (Å²) in [7, 11) is -0.753. The Morgan fingerprint density at radius 1 is 1.09 bits per heavy atom. The van der Waals surface area contributed by atoms with Gasteiger partial charge in [-0.2, -0.15) is 0 Å². The first-order valence-electron chi connectivity index (χ1n) is 3.18. The third-order valence-electron chi connectivity index (χ3n) is 1.39. The molecule has 1 saturated heterocycles. The van der Waals surface area contributed by atoms with Crippen molar-refractivity contribution in [3.63, 3.8) is 0 Å². The molecular formula is C5H5O3Si3. The minimum Gasteiger partial charge on any atom is -0.412 e. The van der Waals surface area contributed by atoms with Gasteiger partial charge in [0.25, 0.3) is 0 Å². The number of hydrogen-bond acceptors (Lipinski definition) is 3. The van der Waals surface area contributed by atoms with E-state index in [2.05, 4.69) is 12.2 Å². The summed E-state index contributed by atoms with van der Waals surface area (Å²) in [5, 5.41) is 0. The topological polar surface area (TPSA) is 27.7 Å². The van der Waals surface area contributed by atoms with E-state index in [0.29, 0.717) is 5.54 Å². The SMILES string of the molecule is C1=CC([Si]2O[Si]O[Si]O2)C=C1. The molecule has 0 spiro atoms. The highest BCUT2D eigenvalue weighted by Gasteiger charge is 2.29. The largest absolute Gasteiger partial charge is 0.412 e. The van der Waals surface area contributed by atoms with Crippen molar-refractivity contribution in [2.45, 2.75) is 5.54 Å². The van der Waals surface area contributed by atoms with Gasteiger partial charge in [0.05, 0.1) is 0 Å². The van der Waals surface area contributed by atoms with Crippen LogP contribution in [0.25, 0.3) is 0 Å². The summed E-state index contributed by atoms with van der Waals surface area (Å²) in [4.78, 5) is 0. The highest BCUT2D eigenvalue weighted by Crippen LogP contribution is 2.21. The Morgan fingerprint density at radius 2 is 1.73 bits per heavy atom. The van der Waals surface area contributed by atoms with Crippen LogP contribution in [-0.4, -0.2) is 29.3 Å². The molecule has 11 heavy (non-hydrogen) atoms. The van der Waals surface area contributed by atoms with E-state index in [0.717, 1.165) is 0 Å². The number of allylic oxidation sites excluding steroid dienone is 4. The minimum absolute atomic E-state index is 0.173. The van der Waals surface area contributed by atoms with Crippen LogP contribution in [0.15, 0.2) is 24.3 Å². The monoisotopic (exact) mass is 197 g/mol. The average molecular weight is 197 g/mol. The van der Waals surface area contributed by atoms with Crippen LogP contribution in [0.5, 0.6) is 0 Å². The van der Waals surface area contributed by atoms with Gasteiger partial charge in [0, 0.05) is 5.54 Å². The van der Waals surface area contributed by atoms with Gasteiger partial charge in [-0.3, -0.25) is 0 Å². The lowest BCUT2D eigenvalue weighted by atomic mass is 10.5. The lowest BCUT2D eigenvalue weighted by molar-refractivity contribution is 0.320. The second kappa shape index (κ2) is 3.61. The molecule has 0 unspecified atom stereocenters. The normalized spacial score (nSPS) is 26.5. The van der Waals surface area contributed by atoms with Gasteiger partial charge >= 0.3 is 29.3 Å². The molecule has 0 bridgehead atoms. The van der Waals surface area contributed by atoms with Crippen LogP contribution in [0.4, 0.5) is 0 Å². The summed E-state index contributed by atoms with van der Waals surface area (Å²) in [5.41, 5.74) is 0.379. The minimum atomic E-state index is -1.10. The number of hydrogen-bond donors (Lipinski definition) is 0. The van der Waals surface area contributed by atoms with Gasteiger partial charge in [-0.05, 0) is 0 Å². The molecule has 0 saturated carbocycles. The molecule has 0 amide bonds. The highest BCUT2D eigenvalue weighted by molar-refractivity contribution is 6.63. The van der Waals surface area contributed by atoms with E-state index in [1.165, 1.54) is 0 Å². The van der Waals surface area contributed by atoms with Gasteiger partial charge < -0.3 is 12.3 Å². The zero-order valence-electron chi connectivity index (χ0n) is 5.61. The maximum Gasteiger partial charge on any atom is 0.412 e. The van der Waals surface area contributed by atoms with Gasteiger partial charge in [-0.15, -0.1) is 0 Å². The predicted octanol–water partition coefficient (Wildman–Crippen LogP) is 0.103. The van der Waals surface area contributed by atoms with Gasteiger partial charge in [0.15, 0.2) is 0 Å². The van der Waals surface area contributed by atoms with Crippen molar-refractivity contribution in [2.24, 2.45) is 0 Å². The van der Waals surface area contributed by atoms with E-state index in [4.69, 9.17) is 12.3 Å². The zero-order valence-corrected chi connectivity index (χ0v) is 8.61. The Hall–Kier alpha value is 0.0106. The predicted molar refractivity (Wildman–Crippen MR) is 42.5 cm³/mol. The lowest BCUT2D eigenvalue weighted by Crippen LogP contribution is -2.37. The Morgan fingerprint density at radius 3 is 2.36 bits per heavy atom. The van der Waals surface area contributed by atoms with Crippen molar-refractivity contribution in [3.05, 3.63) is 24.3 Å². The van der Waals surface area contributed by atoms with Crippen molar-refractivity contribution in [2.75, 3.05) is 0 Å². The van der Waals surface area contributed by atoms with Gasteiger partial charge in [-0.1, -0.05) is 24.3 Å². The molecule has 0 aromatic heterocycles. The third kappa shape index (κ3) is 1.78. The fourth-order valence-electron chi connectivity index (χ4n) is 0.887. The standard InChI is InChI=1S/C5H5O3Si3/c1-2-4-5(3-1)11-7-9-6-10-8-11/h1-5H. The molecular weight excluding hydrogens is 192 g/mol. The van der Waals surface area contributed by atoms with Crippen LogP contribution in [0, 0.1) is 0 Å². The summed E-state index contributed by atoms with van der Waals surface area (Å²) in [6.45, 7) is 0. The Labute approximate surface area is 72.0 Å². The molecule has 2 aliphatic rings. The molecule has 2 rings (SSSR count). The molecule has 5 radical (unpaired) electrons. The summed E-state index contributed by atoms with van der Waals surface area (Å²) >= 11 is 0. The maximum absolute atomic E-state index is 5.35. The van der Waals surface area contributed by atoms with E-state index in [1.54, 1.807) is 0 Å². The number of rotatable bonds is 1. The molecule has 1 fully saturated rings. The Bertz CT molecular complexity index is 175. The molecule has 0 aromatic carbocycles. The summed E-state index contributed by atoms with van der Waals surface area (Å²) in [5.74, 6) is 0. The van der Waals surface area contributed by atoms with Crippen LogP contribution < -0.4 is 0 Å². The van der Waals surface area contributed by atoms with E-state index in [1.807, 2.05) is 12.2 Å². The van der Waals surface area contributed by atoms with Gasteiger partial charge in [0.2, 0.25) is 0 Å². The maximum atomic E-state index is 5.35. The van der Waals surface area contributed by atoms with Crippen molar-refractivity contribution in [1.29, 1.82) is 0 Å². The average Bonchev–Trinajstić information content (AvgIpc) is 2.58. The molecule has 6 heteroatoms. The molecule has 1 heterocycles. The van der Waals surface area contributed by atoms with Gasteiger partial charge in [-0.25, -0.2) is 0 Å². The quantitative estimate of drug-likeness (QED) is 0.558. The molecule has 1 aliphatic heterocycles.